The third kappa shape index (κ3) is 3.68. The van der Waals surface area contributed by atoms with Crippen molar-refractivity contribution in [3.8, 4) is 0 Å². The lowest BCUT2D eigenvalue weighted by Crippen LogP contribution is -2.39. The number of amides is 5. The van der Waals surface area contributed by atoms with Crippen LogP contribution in [0.2, 0.25) is 5.02 Å². The van der Waals surface area contributed by atoms with Crippen molar-refractivity contribution in [1.29, 1.82) is 0 Å². The number of urea groups is 1. The van der Waals surface area contributed by atoms with Crippen LogP contribution in [0.15, 0.2) is 24.3 Å². The van der Waals surface area contributed by atoms with Gasteiger partial charge < -0.3 is 5.32 Å². The lowest BCUT2D eigenvalue weighted by molar-refractivity contribution is -0.143. The Hall–Kier alpha value is -2.41. The zero-order chi connectivity index (χ0) is 17.1. The van der Waals surface area contributed by atoms with E-state index in [1.165, 1.54) is 0 Å². The van der Waals surface area contributed by atoms with E-state index >= 15 is 0 Å². The summed E-state index contributed by atoms with van der Waals surface area (Å²) in [6.45, 7) is 3.23. The molecule has 1 aliphatic rings. The highest BCUT2D eigenvalue weighted by Gasteiger charge is 2.45. The van der Waals surface area contributed by atoms with Crippen LogP contribution >= 0.6 is 11.6 Å². The van der Waals surface area contributed by atoms with Gasteiger partial charge in [-0.1, -0.05) is 37.6 Å². The zero-order valence-electron chi connectivity index (χ0n) is 12.7. The summed E-state index contributed by atoms with van der Waals surface area (Å²) >= 11 is 5.92. The minimum atomic E-state index is -0.995. The van der Waals surface area contributed by atoms with Gasteiger partial charge in [0.25, 0.3) is 0 Å². The van der Waals surface area contributed by atoms with Gasteiger partial charge in [-0.2, -0.15) is 0 Å². The number of imide groups is 2. The highest BCUT2D eigenvalue weighted by atomic mass is 35.5. The van der Waals surface area contributed by atoms with Crippen molar-refractivity contribution < 1.29 is 19.2 Å². The third-order valence-electron chi connectivity index (χ3n) is 3.13. The molecule has 1 fully saturated rings. The number of nitrogens with zero attached hydrogens (tertiary/aromatic N) is 2. The van der Waals surface area contributed by atoms with Crippen LogP contribution in [0, 0.1) is 5.92 Å². The highest BCUT2D eigenvalue weighted by Crippen LogP contribution is 2.21. The lowest BCUT2D eigenvalue weighted by Gasteiger charge is -2.17. The number of anilines is 1. The largest absolute Gasteiger partial charge is 0.334 e. The van der Waals surface area contributed by atoms with Gasteiger partial charge in [0.15, 0.2) is 0 Å². The maximum absolute atomic E-state index is 12.1. The second kappa shape index (κ2) is 6.78. The number of rotatable bonds is 5. The van der Waals surface area contributed by atoms with Gasteiger partial charge in [-0.3, -0.25) is 19.3 Å². The van der Waals surface area contributed by atoms with Crippen molar-refractivity contribution in [2.45, 2.75) is 13.8 Å². The van der Waals surface area contributed by atoms with Crippen molar-refractivity contribution in [1.82, 2.24) is 9.80 Å². The van der Waals surface area contributed by atoms with Crippen LogP contribution in [0.25, 0.3) is 0 Å². The number of carbonyl (C=O) groups excluding carboxylic acids is 4. The van der Waals surface area contributed by atoms with Crippen LogP contribution in [0.5, 0.6) is 0 Å². The molecule has 2 rings (SSSR count). The molecule has 0 spiro atoms. The van der Waals surface area contributed by atoms with Crippen molar-refractivity contribution in [3.63, 3.8) is 0 Å². The fraction of sp³-hybridized carbons (Fsp3) is 0.333. The second-order valence-corrected chi connectivity index (χ2v) is 5.92. The Morgan fingerprint density at radius 2 is 1.74 bits per heavy atom. The molecule has 0 bridgehead atoms. The first-order chi connectivity index (χ1) is 10.8. The minimum absolute atomic E-state index is 0.0209. The summed E-state index contributed by atoms with van der Waals surface area (Å²) in [6.07, 6.45) is 0. The number of hydrogen-bond acceptors (Lipinski definition) is 4. The van der Waals surface area contributed by atoms with Crippen LogP contribution in [0.1, 0.15) is 13.8 Å². The fourth-order valence-electron chi connectivity index (χ4n) is 2.11. The molecule has 1 aromatic rings. The van der Waals surface area contributed by atoms with E-state index in [1.54, 1.807) is 24.3 Å². The number of carbonyl (C=O) groups is 4. The van der Waals surface area contributed by atoms with E-state index in [0.29, 0.717) is 15.6 Å². The van der Waals surface area contributed by atoms with Gasteiger partial charge in [-0.25, -0.2) is 9.69 Å². The van der Waals surface area contributed by atoms with Crippen LogP contribution < -0.4 is 5.32 Å². The monoisotopic (exact) mass is 337 g/mol. The van der Waals surface area contributed by atoms with Crippen LogP contribution in [0.3, 0.4) is 0 Å². The molecule has 0 saturated carbocycles. The average Bonchev–Trinajstić information content (AvgIpc) is 2.67. The van der Waals surface area contributed by atoms with Gasteiger partial charge in [-0.05, 0) is 18.1 Å². The molecular formula is C15H16ClN3O4. The van der Waals surface area contributed by atoms with E-state index in [0.717, 1.165) is 4.90 Å². The van der Waals surface area contributed by atoms with Crippen molar-refractivity contribution in [2.75, 3.05) is 18.4 Å². The Morgan fingerprint density at radius 1 is 1.13 bits per heavy atom. The molecule has 1 N–H and O–H groups in total. The van der Waals surface area contributed by atoms with E-state index in [-0.39, 0.29) is 12.5 Å². The van der Waals surface area contributed by atoms with E-state index in [9.17, 15) is 19.2 Å². The molecule has 0 radical (unpaired) electrons. The number of nitrogens with one attached hydrogen (secondary N) is 1. The Kier molecular flexibility index (Phi) is 5.00. The average molecular weight is 338 g/mol. The Bertz CT molecular complexity index is 674. The molecular weight excluding hydrogens is 322 g/mol. The molecule has 1 saturated heterocycles. The Labute approximate surface area is 138 Å². The predicted octanol–water partition coefficient (Wildman–Crippen LogP) is 1.73. The minimum Gasteiger partial charge on any atom is -0.323 e. The molecule has 8 heteroatoms. The topological polar surface area (TPSA) is 86.8 Å². The number of halogens is 1. The van der Waals surface area contributed by atoms with Gasteiger partial charge >= 0.3 is 17.8 Å². The van der Waals surface area contributed by atoms with Gasteiger partial charge in [-0.15, -0.1) is 0 Å². The molecule has 7 nitrogen and oxygen atoms in total. The molecule has 0 aromatic heterocycles. The number of hydrogen-bond donors (Lipinski definition) is 1. The van der Waals surface area contributed by atoms with Crippen molar-refractivity contribution in [2.24, 2.45) is 5.92 Å². The van der Waals surface area contributed by atoms with Gasteiger partial charge in [0.05, 0.1) is 10.7 Å². The molecule has 0 atom stereocenters. The van der Waals surface area contributed by atoms with Crippen molar-refractivity contribution >= 4 is 41.0 Å². The van der Waals surface area contributed by atoms with Crippen LogP contribution in [-0.4, -0.2) is 46.6 Å². The summed E-state index contributed by atoms with van der Waals surface area (Å²) in [4.78, 5) is 49.3. The van der Waals surface area contributed by atoms with E-state index < -0.39 is 30.3 Å². The van der Waals surface area contributed by atoms with Gasteiger partial charge in [0.1, 0.15) is 6.54 Å². The lowest BCUT2D eigenvalue weighted by atomic mass is 10.2. The summed E-state index contributed by atoms with van der Waals surface area (Å²) in [6, 6.07) is 5.79. The molecule has 23 heavy (non-hydrogen) atoms. The number of benzene rings is 1. The molecule has 0 aliphatic carbocycles. The van der Waals surface area contributed by atoms with Crippen molar-refractivity contribution in [3.05, 3.63) is 29.3 Å². The Morgan fingerprint density at radius 3 is 2.35 bits per heavy atom. The van der Waals surface area contributed by atoms with Crippen LogP contribution in [0.4, 0.5) is 10.5 Å². The molecule has 1 heterocycles. The van der Waals surface area contributed by atoms with Gasteiger partial charge in [0.2, 0.25) is 5.91 Å². The second-order valence-electron chi connectivity index (χ2n) is 5.51. The maximum atomic E-state index is 12.1. The highest BCUT2D eigenvalue weighted by molar-refractivity contribution is 6.45. The Balaban J connectivity index is 2.06. The smallest absolute Gasteiger partial charge is 0.323 e. The van der Waals surface area contributed by atoms with E-state index in [1.807, 2.05) is 13.8 Å². The summed E-state index contributed by atoms with van der Waals surface area (Å²) in [5.41, 5.74) is 0.364. The molecule has 122 valence electrons. The first-order valence-electron chi connectivity index (χ1n) is 7.03. The first-order valence-corrected chi connectivity index (χ1v) is 7.40. The SMILES string of the molecule is CC(C)CN1C(=O)C(=O)N(CC(=O)Nc2ccccc2Cl)C1=O. The molecule has 1 aromatic carbocycles. The normalized spacial score (nSPS) is 14.9. The van der Waals surface area contributed by atoms with Crippen LogP contribution in [-0.2, 0) is 14.4 Å². The molecule has 1 aliphatic heterocycles. The summed E-state index contributed by atoms with van der Waals surface area (Å²) in [5.74, 6) is -2.49. The molecule has 5 amide bonds. The van der Waals surface area contributed by atoms with E-state index in [2.05, 4.69) is 5.32 Å². The first kappa shape index (κ1) is 17.0. The fourth-order valence-corrected chi connectivity index (χ4v) is 2.29. The molecule has 0 unspecified atom stereocenters. The summed E-state index contributed by atoms with van der Waals surface area (Å²) < 4.78 is 0. The standard InChI is InChI=1S/C15H16ClN3O4/c1-9(2)7-18-13(21)14(22)19(15(18)23)8-12(20)17-11-6-4-3-5-10(11)16/h3-6,9H,7-8H2,1-2H3,(H,17,20). The van der Waals surface area contributed by atoms with E-state index in [4.69, 9.17) is 11.6 Å². The zero-order valence-corrected chi connectivity index (χ0v) is 13.5. The maximum Gasteiger partial charge on any atom is 0.334 e. The predicted molar refractivity (Wildman–Crippen MR) is 83.7 cm³/mol. The summed E-state index contributed by atoms with van der Waals surface area (Å²) in [7, 11) is 0. The quantitative estimate of drug-likeness (QED) is 0.654. The third-order valence-corrected chi connectivity index (χ3v) is 3.46. The number of para-hydroxylation sites is 1. The van der Waals surface area contributed by atoms with Gasteiger partial charge in [0, 0.05) is 6.54 Å². The summed E-state index contributed by atoms with van der Waals surface area (Å²) in [5, 5.41) is 2.83.